The largest absolute Gasteiger partial charge is 0.478 e. The lowest BCUT2D eigenvalue weighted by atomic mass is 10.1. The highest BCUT2D eigenvalue weighted by Crippen LogP contribution is 2.15. The first kappa shape index (κ1) is 12.3. The number of nitriles is 2. The lowest BCUT2D eigenvalue weighted by molar-refractivity contribution is 0.0698. The molecule has 84 valence electrons. The van der Waals surface area contributed by atoms with Gasteiger partial charge in [0.05, 0.1) is 35.4 Å². The van der Waals surface area contributed by atoms with Crippen LogP contribution in [0.1, 0.15) is 16.8 Å². The number of nitrogens with zero attached hydrogens (tertiary/aromatic N) is 2. The predicted octanol–water partition coefficient (Wildman–Crippen LogP) is 2.12. The van der Waals surface area contributed by atoms with Crippen molar-refractivity contribution in [1.82, 2.24) is 0 Å². The minimum atomic E-state index is -1.06. The predicted molar refractivity (Wildman–Crippen MR) is 61.0 cm³/mol. The van der Waals surface area contributed by atoms with Gasteiger partial charge in [0.15, 0.2) is 0 Å². The number of aromatic carboxylic acids is 1. The molecule has 0 aliphatic carbocycles. The fraction of sp³-hybridized carbons (Fsp3) is 0.0833. The van der Waals surface area contributed by atoms with E-state index < -0.39 is 5.97 Å². The van der Waals surface area contributed by atoms with Crippen molar-refractivity contribution < 1.29 is 9.90 Å². The number of nitrogens with one attached hydrogen (secondary N) is 1. The zero-order valence-corrected chi connectivity index (χ0v) is 8.84. The molecule has 0 heterocycles. The normalized spacial score (nSPS) is 10.1. The van der Waals surface area contributed by atoms with E-state index in [1.165, 1.54) is 12.3 Å². The van der Waals surface area contributed by atoms with E-state index in [9.17, 15) is 4.79 Å². The van der Waals surface area contributed by atoms with E-state index in [0.29, 0.717) is 5.69 Å². The van der Waals surface area contributed by atoms with E-state index in [4.69, 9.17) is 15.6 Å². The van der Waals surface area contributed by atoms with Crippen LogP contribution in [0.25, 0.3) is 0 Å². The third-order valence-corrected chi connectivity index (χ3v) is 1.97. The van der Waals surface area contributed by atoms with E-state index in [1.807, 2.05) is 12.1 Å². The first-order valence-electron chi connectivity index (χ1n) is 4.74. The van der Waals surface area contributed by atoms with Crippen LogP contribution in [0.5, 0.6) is 0 Å². The van der Waals surface area contributed by atoms with E-state index in [0.717, 1.165) is 0 Å². The second-order valence-electron chi connectivity index (χ2n) is 3.11. The summed E-state index contributed by atoms with van der Waals surface area (Å²) in [6.07, 6.45) is 1.32. The van der Waals surface area contributed by atoms with Crippen LogP contribution in [0, 0.1) is 22.7 Å². The Bertz CT molecular complexity index is 535. The molecule has 0 saturated carbocycles. The second-order valence-corrected chi connectivity index (χ2v) is 3.11. The molecule has 0 aliphatic rings. The summed E-state index contributed by atoms with van der Waals surface area (Å²) >= 11 is 0. The number of carbonyl (C=O) groups is 1. The van der Waals surface area contributed by atoms with Crippen LogP contribution in [0.3, 0.4) is 0 Å². The summed E-state index contributed by atoms with van der Waals surface area (Å²) < 4.78 is 0. The maximum atomic E-state index is 10.9. The van der Waals surface area contributed by atoms with Gasteiger partial charge in [-0.05, 0) is 12.1 Å². The molecule has 1 aromatic rings. The van der Waals surface area contributed by atoms with Gasteiger partial charge in [0.25, 0.3) is 0 Å². The average Bonchev–Trinajstić information content (AvgIpc) is 2.34. The SMILES string of the molecule is N#CC/C(C#N)=C\Nc1ccccc1C(=O)O. The van der Waals surface area contributed by atoms with Crippen molar-refractivity contribution in [1.29, 1.82) is 10.5 Å². The number of benzene rings is 1. The van der Waals surface area contributed by atoms with Crippen molar-refractivity contribution in [2.75, 3.05) is 5.32 Å². The summed E-state index contributed by atoms with van der Waals surface area (Å²) in [6, 6.07) is 10.0. The zero-order chi connectivity index (χ0) is 12.7. The highest BCUT2D eigenvalue weighted by Gasteiger charge is 2.07. The summed E-state index contributed by atoms with van der Waals surface area (Å²) in [5.74, 6) is -1.06. The summed E-state index contributed by atoms with van der Waals surface area (Å²) in [4.78, 5) is 10.9. The molecule has 0 spiro atoms. The van der Waals surface area contributed by atoms with Gasteiger partial charge in [0.2, 0.25) is 0 Å². The van der Waals surface area contributed by atoms with E-state index >= 15 is 0 Å². The van der Waals surface area contributed by atoms with E-state index in [2.05, 4.69) is 5.32 Å². The van der Waals surface area contributed by atoms with Gasteiger partial charge < -0.3 is 10.4 Å². The Morgan fingerprint density at radius 3 is 2.71 bits per heavy atom. The van der Waals surface area contributed by atoms with Gasteiger partial charge in [-0.25, -0.2) is 4.79 Å². The number of allylic oxidation sites excluding steroid dienone is 1. The number of anilines is 1. The molecule has 2 N–H and O–H groups in total. The third kappa shape index (κ3) is 3.37. The highest BCUT2D eigenvalue weighted by molar-refractivity contribution is 5.94. The average molecular weight is 227 g/mol. The van der Waals surface area contributed by atoms with Crippen molar-refractivity contribution in [3.63, 3.8) is 0 Å². The molecule has 17 heavy (non-hydrogen) atoms. The first-order chi connectivity index (χ1) is 8.19. The molecule has 0 amide bonds. The van der Waals surface area contributed by atoms with Crippen molar-refractivity contribution in [2.24, 2.45) is 0 Å². The third-order valence-electron chi connectivity index (χ3n) is 1.97. The number of rotatable bonds is 4. The van der Waals surface area contributed by atoms with Crippen LogP contribution in [-0.2, 0) is 0 Å². The number of carboxylic acid groups (broad SMARTS) is 1. The van der Waals surface area contributed by atoms with Crippen molar-refractivity contribution >= 4 is 11.7 Å². The Morgan fingerprint density at radius 1 is 1.41 bits per heavy atom. The number of para-hydroxylation sites is 1. The van der Waals surface area contributed by atoms with Gasteiger partial charge in [0.1, 0.15) is 0 Å². The van der Waals surface area contributed by atoms with Crippen molar-refractivity contribution in [3.05, 3.63) is 41.6 Å². The van der Waals surface area contributed by atoms with Gasteiger partial charge in [-0.3, -0.25) is 0 Å². The molecule has 0 saturated heterocycles. The summed E-state index contributed by atoms with van der Waals surface area (Å²) in [5, 5.41) is 28.8. The molecular formula is C12H9N3O2. The van der Waals surface area contributed by atoms with Gasteiger partial charge in [-0.1, -0.05) is 12.1 Å². The molecule has 0 aliphatic heterocycles. The summed E-state index contributed by atoms with van der Waals surface area (Å²) in [5.41, 5.74) is 0.733. The Hall–Kier alpha value is -2.79. The molecule has 0 radical (unpaired) electrons. The molecule has 0 aromatic heterocycles. The van der Waals surface area contributed by atoms with E-state index in [1.54, 1.807) is 18.2 Å². The smallest absolute Gasteiger partial charge is 0.337 e. The fourth-order valence-corrected chi connectivity index (χ4v) is 1.17. The van der Waals surface area contributed by atoms with Crippen LogP contribution in [0.15, 0.2) is 36.0 Å². The number of hydrogen-bond donors (Lipinski definition) is 2. The Labute approximate surface area is 98.2 Å². The van der Waals surface area contributed by atoms with Crippen LogP contribution >= 0.6 is 0 Å². The topological polar surface area (TPSA) is 96.9 Å². The van der Waals surface area contributed by atoms with Gasteiger partial charge in [-0.2, -0.15) is 10.5 Å². The Kier molecular flexibility index (Phi) is 4.29. The maximum Gasteiger partial charge on any atom is 0.337 e. The Morgan fingerprint density at radius 2 is 2.12 bits per heavy atom. The van der Waals surface area contributed by atoms with E-state index in [-0.39, 0.29) is 17.6 Å². The van der Waals surface area contributed by atoms with Gasteiger partial charge in [-0.15, -0.1) is 0 Å². The first-order valence-corrected chi connectivity index (χ1v) is 4.74. The van der Waals surface area contributed by atoms with Crippen LogP contribution in [0.2, 0.25) is 0 Å². The second kappa shape index (κ2) is 5.94. The zero-order valence-electron chi connectivity index (χ0n) is 8.84. The van der Waals surface area contributed by atoms with Gasteiger partial charge in [0, 0.05) is 6.20 Å². The molecule has 0 atom stereocenters. The van der Waals surface area contributed by atoms with Gasteiger partial charge >= 0.3 is 5.97 Å². The summed E-state index contributed by atoms with van der Waals surface area (Å²) in [7, 11) is 0. The lowest BCUT2D eigenvalue weighted by Crippen LogP contribution is -2.02. The number of carboxylic acids is 1. The Balaban J connectivity index is 2.94. The minimum absolute atomic E-state index is 0.0151. The monoisotopic (exact) mass is 227 g/mol. The summed E-state index contributed by atoms with van der Waals surface area (Å²) in [6.45, 7) is 0. The number of hydrogen-bond acceptors (Lipinski definition) is 4. The van der Waals surface area contributed by atoms with Crippen LogP contribution in [-0.4, -0.2) is 11.1 Å². The quantitative estimate of drug-likeness (QED) is 0.768. The van der Waals surface area contributed by atoms with Crippen LogP contribution < -0.4 is 5.32 Å². The lowest BCUT2D eigenvalue weighted by Gasteiger charge is -2.05. The van der Waals surface area contributed by atoms with Crippen molar-refractivity contribution in [3.8, 4) is 12.1 Å². The standard InChI is InChI=1S/C12H9N3O2/c13-6-5-9(7-14)8-15-11-4-2-1-3-10(11)12(16)17/h1-4,8,15H,5H2,(H,16,17)/b9-8+. The highest BCUT2D eigenvalue weighted by atomic mass is 16.4. The molecular weight excluding hydrogens is 218 g/mol. The fourth-order valence-electron chi connectivity index (χ4n) is 1.17. The van der Waals surface area contributed by atoms with Crippen molar-refractivity contribution in [2.45, 2.75) is 6.42 Å². The maximum absolute atomic E-state index is 10.9. The van der Waals surface area contributed by atoms with Crippen LogP contribution in [0.4, 0.5) is 5.69 Å². The molecule has 0 unspecified atom stereocenters. The molecule has 0 bridgehead atoms. The molecule has 5 heteroatoms. The molecule has 1 aromatic carbocycles. The molecule has 1 rings (SSSR count). The molecule has 0 fully saturated rings. The molecule has 5 nitrogen and oxygen atoms in total. The minimum Gasteiger partial charge on any atom is -0.478 e.